The van der Waals surface area contributed by atoms with Gasteiger partial charge in [0.05, 0.1) is 0 Å². The monoisotopic (exact) mass is 218 g/mol. The lowest BCUT2D eigenvalue weighted by molar-refractivity contribution is -0.215. The Kier molecular flexibility index (Phi) is 1.25. The lowest BCUT2D eigenvalue weighted by atomic mass is 9.33. The molecule has 7 saturated carbocycles. The summed E-state index contributed by atoms with van der Waals surface area (Å²) in [6, 6.07) is 0. The molecule has 0 aliphatic heterocycles. The quantitative estimate of drug-likeness (QED) is 0.647. The second kappa shape index (κ2) is 2.24. The van der Waals surface area contributed by atoms with Gasteiger partial charge in [-0.1, -0.05) is 0 Å². The molecule has 0 spiro atoms. The van der Waals surface area contributed by atoms with Crippen molar-refractivity contribution in [2.24, 2.45) is 47.0 Å². The van der Waals surface area contributed by atoms with E-state index in [4.69, 9.17) is 11.5 Å². The van der Waals surface area contributed by atoms with Crippen LogP contribution in [-0.4, -0.2) is 11.1 Å². The Morgan fingerprint density at radius 1 is 0.500 bits per heavy atom. The van der Waals surface area contributed by atoms with Crippen LogP contribution in [0.1, 0.15) is 38.5 Å². The third kappa shape index (κ3) is 0.799. The van der Waals surface area contributed by atoms with Gasteiger partial charge in [0.1, 0.15) is 0 Å². The third-order valence-electron chi connectivity index (χ3n) is 7.15. The van der Waals surface area contributed by atoms with Crippen LogP contribution in [0.2, 0.25) is 0 Å². The predicted octanol–water partition coefficient (Wildman–Crippen LogP) is 1.49. The molecule has 0 amide bonds. The van der Waals surface area contributed by atoms with Crippen molar-refractivity contribution in [2.75, 3.05) is 0 Å². The number of rotatable bonds is 0. The first kappa shape index (κ1) is 8.93. The molecular weight excluding hydrogens is 196 g/mol. The average molecular weight is 218 g/mol. The summed E-state index contributed by atoms with van der Waals surface area (Å²) in [7, 11) is 0. The van der Waals surface area contributed by atoms with Gasteiger partial charge < -0.3 is 11.5 Å². The zero-order valence-corrected chi connectivity index (χ0v) is 9.86. The fourth-order valence-electron chi connectivity index (χ4n) is 7.04. The Balaban J connectivity index is 1.68. The van der Waals surface area contributed by atoms with Gasteiger partial charge in [-0.25, -0.2) is 0 Å². The molecule has 0 atom stereocenters. The summed E-state index contributed by atoms with van der Waals surface area (Å²) in [4.78, 5) is 0. The van der Waals surface area contributed by atoms with Crippen molar-refractivity contribution in [3.63, 3.8) is 0 Å². The third-order valence-corrected chi connectivity index (χ3v) is 7.15. The smallest absolute Gasteiger partial charge is 0.0162 e. The van der Waals surface area contributed by atoms with Crippen LogP contribution in [0, 0.1) is 35.5 Å². The summed E-state index contributed by atoms with van der Waals surface area (Å²) in [5, 5.41) is 0. The van der Waals surface area contributed by atoms with E-state index in [2.05, 4.69) is 0 Å². The first-order chi connectivity index (χ1) is 7.57. The van der Waals surface area contributed by atoms with Crippen molar-refractivity contribution in [1.29, 1.82) is 0 Å². The molecule has 0 heterocycles. The molecule has 88 valence electrons. The molecule has 2 nitrogen and oxygen atoms in total. The lowest BCUT2D eigenvalue weighted by Crippen LogP contribution is -2.74. The molecule has 8 bridgehead atoms. The van der Waals surface area contributed by atoms with Crippen LogP contribution in [0.4, 0.5) is 0 Å². The molecule has 2 heteroatoms. The van der Waals surface area contributed by atoms with E-state index in [1.54, 1.807) is 0 Å². The summed E-state index contributed by atoms with van der Waals surface area (Å²) < 4.78 is 0. The summed E-state index contributed by atoms with van der Waals surface area (Å²) in [5.41, 5.74) is 13.7. The molecule has 0 aromatic heterocycles. The van der Waals surface area contributed by atoms with Gasteiger partial charge in [0, 0.05) is 11.1 Å². The summed E-state index contributed by atoms with van der Waals surface area (Å²) >= 11 is 0. The van der Waals surface area contributed by atoms with Gasteiger partial charge in [0.25, 0.3) is 0 Å². The molecular formula is C14H22N2. The Morgan fingerprint density at radius 3 is 0.875 bits per heavy atom. The van der Waals surface area contributed by atoms with Crippen LogP contribution < -0.4 is 11.5 Å². The predicted molar refractivity (Wildman–Crippen MR) is 62.5 cm³/mol. The molecule has 16 heavy (non-hydrogen) atoms. The Morgan fingerprint density at radius 2 is 0.688 bits per heavy atom. The maximum Gasteiger partial charge on any atom is 0.0162 e. The highest BCUT2D eigenvalue weighted by molar-refractivity contribution is 5.22. The minimum absolute atomic E-state index is 0.245. The standard InChI is InChI=1S/C14H22N2/c15-13-1-7-8-4-14(16)5-9(7)11(3-13)12(6-14)10(8)2-13/h7-12H,1-6,15-16H2. The summed E-state index contributed by atoms with van der Waals surface area (Å²) in [6.07, 6.45) is 7.99. The summed E-state index contributed by atoms with van der Waals surface area (Å²) in [5.74, 6) is 5.81. The Labute approximate surface area is 97.1 Å². The fraction of sp³-hybridized carbons (Fsp3) is 1.00. The largest absolute Gasteiger partial charge is 0.325 e. The SMILES string of the molecule is NC12CC3C4CC5(N)CC3C(C1)C(C5)C4C2. The van der Waals surface area contributed by atoms with Gasteiger partial charge in [0.15, 0.2) is 0 Å². The van der Waals surface area contributed by atoms with Crippen LogP contribution in [0.15, 0.2) is 0 Å². The maximum absolute atomic E-state index is 6.61. The Bertz CT molecular complexity index is 276. The molecule has 4 N–H and O–H groups in total. The van der Waals surface area contributed by atoms with Crippen molar-refractivity contribution in [1.82, 2.24) is 0 Å². The molecule has 7 rings (SSSR count). The minimum Gasteiger partial charge on any atom is -0.325 e. The van der Waals surface area contributed by atoms with E-state index >= 15 is 0 Å². The van der Waals surface area contributed by atoms with Crippen LogP contribution in [0.25, 0.3) is 0 Å². The normalized spacial score (nSPS) is 73.9. The van der Waals surface area contributed by atoms with E-state index in [0.29, 0.717) is 0 Å². The lowest BCUT2D eigenvalue weighted by Gasteiger charge is -2.73. The topological polar surface area (TPSA) is 52.0 Å². The minimum atomic E-state index is 0.245. The molecule has 7 aliphatic carbocycles. The van der Waals surface area contributed by atoms with Crippen molar-refractivity contribution in [3.05, 3.63) is 0 Å². The molecule has 0 saturated heterocycles. The van der Waals surface area contributed by atoms with Crippen LogP contribution in [0.5, 0.6) is 0 Å². The zero-order chi connectivity index (χ0) is 10.7. The van der Waals surface area contributed by atoms with Gasteiger partial charge in [-0.15, -0.1) is 0 Å². The molecule has 0 aromatic carbocycles. The van der Waals surface area contributed by atoms with Crippen molar-refractivity contribution in [2.45, 2.75) is 49.6 Å². The van der Waals surface area contributed by atoms with Crippen molar-refractivity contribution >= 4 is 0 Å². The van der Waals surface area contributed by atoms with E-state index in [1.165, 1.54) is 38.5 Å². The fourth-order valence-corrected chi connectivity index (χ4v) is 7.04. The first-order valence-electron chi connectivity index (χ1n) is 7.15. The number of hydrogen-bond donors (Lipinski definition) is 2. The molecule has 0 unspecified atom stereocenters. The van der Waals surface area contributed by atoms with Crippen LogP contribution >= 0.6 is 0 Å². The highest BCUT2D eigenvalue weighted by atomic mass is 14.9. The van der Waals surface area contributed by atoms with Crippen LogP contribution in [-0.2, 0) is 0 Å². The molecule has 7 aliphatic rings. The van der Waals surface area contributed by atoms with Gasteiger partial charge in [-0.2, -0.15) is 0 Å². The zero-order valence-electron chi connectivity index (χ0n) is 9.86. The second-order valence-electron chi connectivity index (χ2n) is 7.93. The van der Waals surface area contributed by atoms with Gasteiger partial charge in [0.2, 0.25) is 0 Å². The van der Waals surface area contributed by atoms with E-state index in [9.17, 15) is 0 Å². The van der Waals surface area contributed by atoms with Gasteiger partial charge >= 0.3 is 0 Å². The van der Waals surface area contributed by atoms with Crippen molar-refractivity contribution in [3.8, 4) is 0 Å². The maximum atomic E-state index is 6.61. The molecule has 0 aromatic rings. The van der Waals surface area contributed by atoms with Crippen molar-refractivity contribution < 1.29 is 0 Å². The van der Waals surface area contributed by atoms with E-state index in [-0.39, 0.29) is 11.1 Å². The number of hydrogen-bond acceptors (Lipinski definition) is 2. The van der Waals surface area contributed by atoms with E-state index in [1.807, 2.05) is 0 Å². The summed E-state index contributed by atoms with van der Waals surface area (Å²) in [6.45, 7) is 0. The van der Waals surface area contributed by atoms with E-state index < -0.39 is 0 Å². The van der Waals surface area contributed by atoms with Crippen LogP contribution in [0.3, 0.4) is 0 Å². The Hall–Kier alpha value is -0.0800. The first-order valence-corrected chi connectivity index (χ1v) is 7.15. The van der Waals surface area contributed by atoms with Gasteiger partial charge in [-0.05, 0) is 74.0 Å². The highest BCUT2D eigenvalue weighted by Gasteiger charge is 2.68. The second-order valence-corrected chi connectivity index (χ2v) is 7.93. The molecule has 7 fully saturated rings. The van der Waals surface area contributed by atoms with Gasteiger partial charge in [-0.3, -0.25) is 0 Å². The molecule has 0 radical (unpaired) electrons. The number of nitrogens with two attached hydrogens (primary N) is 2. The highest BCUT2D eigenvalue weighted by Crippen LogP contribution is 2.71. The average Bonchev–Trinajstić information content (AvgIpc) is 2.22. The van der Waals surface area contributed by atoms with E-state index in [0.717, 1.165) is 35.5 Å².